The van der Waals surface area contributed by atoms with Crippen LogP contribution in [0.1, 0.15) is 15.9 Å². The Bertz CT molecular complexity index is 600. The number of benzene rings is 2. The predicted molar refractivity (Wildman–Crippen MR) is 79.4 cm³/mol. The van der Waals surface area contributed by atoms with E-state index in [0.29, 0.717) is 5.56 Å². The first-order valence-corrected chi connectivity index (χ1v) is 7.33. The van der Waals surface area contributed by atoms with Gasteiger partial charge in [0.25, 0.3) is 0 Å². The monoisotopic (exact) mass is 326 g/mol. The van der Waals surface area contributed by atoms with E-state index in [-0.39, 0.29) is 12.2 Å². The number of thioether (sulfide) groups is 1. The van der Waals surface area contributed by atoms with Gasteiger partial charge in [0.1, 0.15) is 0 Å². The first-order valence-electron chi connectivity index (χ1n) is 6.45. The van der Waals surface area contributed by atoms with Gasteiger partial charge in [0, 0.05) is 5.56 Å². The fourth-order valence-corrected chi connectivity index (χ4v) is 2.39. The van der Waals surface area contributed by atoms with Gasteiger partial charge < -0.3 is 4.74 Å². The summed E-state index contributed by atoms with van der Waals surface area (Å²) >= 11 is -0.448. The van der Waals surface area contributed by atoms with E-state index in [4.69, 9.17) is 4.74 Å². The maximum atomic E-state index is 12.6. The Morgan fingerprint density at radius 3 is 2.09 bits per heavy atom. The highest BCUT2D eigenvalue weighted by Gasteiger charge is 2.37. The molecule has 2 nitrogen and oxygen atoms in total. The minimum Gasteiger partial charge on any atom is -0.354 e. The second kappa shape index (κ2) is 7.47. The first-order chi connectivity index (χ1) is 10.5. The molecule has 0 fully saturated rings. The molecule has 0 saturated carbocycles. The van der Waals surface area contributed by atoms with Crippen LogP contribution in [0.5, 0.6) is 0 Å². The van der Waals surface area contributed by atoms with Crippen molar-refractivity contribution in [3.8, 4) is 0 Å². The number of carbonyl (C=O) groups is 1. The quantitative estimate of drug-likeness (QED) is 0.570. The van der Waals surface area contributed by atoms with Gasteiger partial charge in [-0.1, -0.05) is 60.7 Å². The summed E-state index contributed by atoms with van der Waals surface area (Å²) in [6.45, 7) is -0.0623. The van der Waals surface area contributed by atoms with Crippen LogP contribution in [0.15, 0.2) is 60.7 Å². The highest BCUT2D eigenvalue weighted by Crippen LogP contribution is 2.36. The lowest BCUT2D eigenvalue weighted by atomic mass is 10.1. The molecule has 1 atom stereocenters. The lowest BCUT2D eigenvalue weighted by Gasteiger charge is -2.18. The molecule has 0 aliphatic carbocycles. The lowest BCUT2D eigenvalue weighted by molar-refractivity contribution is -0.0370. The molecular weight excluding hydrogens is 313 g/mol. The Kier molecular flexibility index (Phi) is 5.63. The summed E-state index contributed by atoms with van der Waals surface area (Å²) in [6.07, 6.45) is 0. The molecule has 1 unspecified atom stereocenters. The molecule has 2 aromatic carbocycles. The van der Waals surface area contributed by atoms with E-state index >= 15 is 0 Å². The van der Waals surface area contributed by atoms with Crippen molar-refractivity contribution in [2.24, 2.45) is 0 Å². The van der Waals surface area contributed by atoms with Gasteiger partial charge in [-0.05, 0) is 17.3 Å². The van der Waals surface area contributed by atoms with E-state index in [1.807, 2.05) is 0 Å². The van der Waals surface area contributed by atoms with Gasteiger partial charge in [-0.25, -0.2) is 0 Å². The van der Waals surface area contributed by atoms with E-state index in [2.05, 4.69) is 0 Å². The Balaban J connectivity index is 2.10. The minimum absolute atomic E-state index is 0.0623. The number of hydrogen-bond donors (Lipinski definition) is 0. The third kappa shape index (κ3) is 5.20. The molecule has 0 bridgehead atoms. The van der Waals surface area contributed by atoms with Crippen molar-refractivity contribution in [3.63, 3.8) is 0 Å². The maximum absolute atomic E-state index is 12.6. The van der Waals surface area contributed by atoms with Crippen molar-refractivity contribution >= 4 is 17.5 Å². The highest BCUT2D eigenvalue weighted by atomic mass is 32.2. The highest BCUT2D eigenvalue weighted by molar-refractivity contribution is 8.01. The van der Waals surface area contributed by atoms with E-state index in [1.54, 1.807) is 48.5 Å². The van der Waals surface area contributed by atoms with Gasteiger partial charge in [0.15, 0.2) is 5.44 Å². The fourth-order valence-electron chi connectivity index (χ4n) is 1.77. The Hall–Kier alpha value is -1.79. The summed E-state index contributed by atoms with van der Waals surface area (Å²) in [4.78, 5) is 12.2. The van der Waals surface area contributed by atoms with Crippen molar-refractivity contribution in [1.82, 2.24) is 0 Å². The van der Waals surface area contributed by atoms with Crippen molar-refractivity contribution in [1.29, 1.82) is 0 Å². The molecule has 0 radical (unpaired) electrons. The van der Waals surface area contributed by atoms with Crippen LogP contribution in [-0.2, 0) is 11.3 Å². The Morgan fingerprint density at radius 1 is 1.00 bits per heavy atom. The van der Waals surface area contributed by atoms with Crippen LogP contribution >= 0.6 is 11.8 Å². The fraction of sp³-hybridized carbons (Fsp3) is 0.188. The van der Waals surface area contributed by atoms with E-state index in [1.165, 1.54) is 12.1 Å². The molecular formula is C16H13F3O2S. The molecule has 2 aromatic rings. The van der Waals surface area contributed by atoms with Crippen molar-refractivity contribution in [2.75, 3.05) is 0 Å². The molecule has 0 amide bonds. The number of ketones is 1. The average Bonchev–Trinajstić information content (AvgIpc) is 2.51. The largest absolute Gasteiger partial charge is 0.444 e. The summed E-state index contributed by atoms with van der Waals surface area (Å²) in [6, 6.07) is 16.6. The number of halogens is 3. The summed E-state index contributed by atoms with van der Waals surface area (Å²) in [7, 11) is 0. The summed E-state index contributed by atoms with van der Waals surface area (Å²) in [5, 5.41) is 0. The Labute approximate surface area is 130 Å². The summed E-state index contributed by atoms with van der Waals surface area (Å²) in [5.74, 6) is -0.696. The molecule has 0 saturated heterocycles. The molecule has 0 aromatic heterocycles. The minimum atomic E-state index is -4.55. The number of alkyl halides is 3. The van der Waals surface area contributed by atoms with Crippen LogP contribution in [0, 0.1) is 0 Å². The van der Waals surface area contributed by atoms with Crippen LogP contribution in [-0.4, -0.2) is 16.7 Å². The predicted octanol–water partition coefficient (Wildman–Crippen LogP) is 4.67. The lowest BCUT2D eigenvalue weighted by Crippen LogP contribution is -2.25. The molecule has 0 aliphatic rings. The Morgan fingerprint density at radius 2 is 1.55 bits per heavy atom. The van der Waals surface area contributed by atoms with E-state index in [9.17, 15) is 18.0 Å². The molecule has 0 heterocycles. The number of carbonyl (C=O) groups excluding carboxylic acids is 1. The molecule has 0 aliphatic heterocycles. The first kappa shape index (κ1) is 16.6. The molecule has 22 heavy (non-hydrogen) atoms. The molecule has 6 heteroatoms. The second-order valence-corrected chi connectivity index (χ2v) is 5.55. The molecule has 116 valence electrons. The van der Waals surface area contributed by atoms with Gasteiger partial charge >= 0.3 is 5.51 Å². The molecule has 2 rings (SSSR count). The second-order valence-electron chi connectivity index (χ2n) is 4.42. The molecule has 0 spiro atoms. The van der Waals surface area contributed by atoms with E-state index < -0.39 is 28.5 Å². The SMILES string of the molecule is O=C(c1ccccc1)C(OCc1ccccc1)SC(F)(F)F. The van der Waals surface area contributed by atoms with Crippen LogP contribution in [0.2, 0.25) is 0 Å². The summed E-state index contributed by atoms with van der Waals surface area (Å²) < 4.78 is 43.1. The van der Waals surface area contributed by atoms with Crippen molar-refractivity contribution < 1.29 is 22.7 Å². The average molecular weight is 326 g/mol. The summed E-state index contributed by atoms with van der Waals surface area (Å²) in [5.41, 5.74) is -5.28. The van der Waals surface area contributed by atoms with Gasteiger partial charge in [-0.3, -0.25) is 4.79 Å². The third-order valence-electron chi connectivity index (χ3n) is 2.76. The number of Topliss-reactive ketones (excluding diaryl/α,β-unsaturated/α-hetero) is 1. The van der Waals surface area contributed by atoms with Gasteiger partial charge in [0.2, 0.25) is 5.78 Å². The normalized spacial score (nSPS) is 12.9. The zero-order valence-electron chi connectivity index (χ0n) is 11.4. The zero-order valence-corrected chi connectivity index (χ0v) is 12.2. The number of ether oxygens (including phenoxy) is 1. The third-order valence-corrected chi connectivity index (χ3v) is 3.59. The van der Waals surface area contributed by atoms with Crippen molar-refractivity contribution in [2.45, 2.75) is 17.6 Å². The zero-order chi connectivity index (χ0) is 16.0. The van der Waals surface area contributed by atoms with Gasteiger partial charge in [0.05, 0.1) is 6.61 Å². The van der Waals surface area contributed by atoms with Crippen LogP contribution in [0.4, 0.5) is 13.2 Å². The van der Waals surface area contributed by atoms with Gasteiger partial charge in [-0.15, -0.1) is 0 Å². The van der Waals surface area contributed by atoms with Crippen LogP contribution in [0.25, 0.3) is 0 Å². The van der Waals surface area contributed by atoms with Crippen LogP contribution < -0.4 is 0 Å². The smallest absolute Gasteiger partial charge is 0.354 e. The number of hydrogen-bond acceptors (Lipinski definition) is 3. The van der Waals surface area contributed by atoms with Crippen LogP contribution in [0.3, 0.4) is 0 Å². The van der Waals surface area contributed by atoms with Crippen molar-refractivity contribution in [3.05, 3.63) is 71.8 Å². The number of rotatable bonds is 6. The standard InChI is InChI=1S/C16H13F3O2S/c17-16(18,19)22-15(14(20)13-9-5-2-6-10-13)21-11-12-7-3-1-4-8-12/h1-10,15H,11H2. The topological polar surface area (TPSA) is 26.3 Å². The molecule has 0 N–H and O–H groups in total. The maximum Gasteiger partial charge on any atom is 0.444 e. The van der Waals surface area contributed by atoms with E-state index in [0.717, 1.165) is 0 Å². The van der Waals surface area contributed by atoms with Gasteiger partial charge in [-0.2, -0.15) is 13.2 Å².